The normalized spacial score (nSPS) is 13.6. The van der Waals surface area contributed by atoms with Crippen LogP contribution in [0.3, 0.4) is 0 Å². The minimum Gasteiger partial charge on any atom is -0.361 e. The number of hydrogen-bond acceptors (Lipinski definition) is 1. The number of benzene rings is 2. The Morgan fingerprint density at radius 1 is 0.871 bits per heavy atom. The molecule has 0 saturated carbocycles. The number of hydrogen-bond donors (Lipinski definition) is 2. The molecule has 3 heteroatoms. The Morgan fingerprint density at radius 3 is 2.32 bits per heavy atom. The fraction of sp³-hybridized carbons (Fsp3) is 0.393. The molecule has 0 spiro atoms. The molecule has 1 unspecified atom stereocenters. The van der Waals surface area contributed by atoms with Gasteiger partial charge in [0.15, 0.2) is 0 Å². The Balaban J connectivity index is 1.72. The number of para-hydroxylation sites is 1. The molecule has 0 fully saturated rings. The lowest BCUT2D eigenvalue weighted by Crippen LogP contribution is -2.27. The predicted molar refractivity (Wildman–Crippen MR) is 131 cm³/mol. The maximum absolute atomic E-state index is 13.2. The second-order valence-corrected chi connectivity index (χ2v) is 9.21. The van der Waals surface area contributed by atoms with Crippen molar-refractivity contribution in [3.63, 3.8) is 0 Å². The van der Waals surface area contributed by atoms with Crippen LogP contribution in [0, 0.1) is 6.92 Å². The zero-order valence-corrected chi connectivity index (χ0v) is 19.1. The molecule has 4 rings (SSSR count). The average molecular weight is 415 g/mol. The monoisotopic (exact) mass is 414 g/mol. The van der Waals surface area contributed by atoms with Crippen LogP contribution in [0.5, 0.6) is 0 Å². The summed E-state index contributed by atoms with van der Waals surface area (Å²) in [4.78, 5) is 20.1. The highest BCUT2D eigenvalue weighted by Crippen LogP contribution is 2.43. The first-order valence-electron chi connectivity index (χ1n) is 11.7. The third kappa shape index (κ3) is 4.32. The molecule has 2 aromatic carbocycles. The largest absolute Gasteiger partial charge is 0.361 e. The number of Topliss-reactive ketones (excluding diaryl/α,β-unsaturated/α-hetero) is 1. The average Bonchev–Trinajstić information content (AvgIpc) is 3.38. The molecule has 0 amide bonds. The summed E-state index contributed by atoms with van der Waals surface area (Å²) >= 11 is 0. The zero-order chi connectivity index (χ0) is 21.8. The van der Waals surface area contributed by atoms with Gasteiger partial charge in [-0.1, -0.05) is 69.4 Å². The number of carbonyl (C=O) groups excluding carboxylic acids is 1. The van der Waals surface area contributed by atoms with Gasteiger partial charge in [-0.25, -0.2) is 0 Å². The van der Waals surface area contributed by atoms with E-state index in [2.05, 4.69) is 85.6 Å². The molecule has 1 atom stereocenters. The molecular formula is C28H34N2O. The van der Waals surface area contributed by atoms with Crippen molar-refractivity contribution in [2.75, 3.05) is 0 Å². The number of ketones is 1. The Kier molecular flexibility index (Phi) is 6.31. The van der Waals surface area contributed by atoms with Crippen LogP contribution in [0.2, 0.25) is 0 Å². The summed E-state index contributed by atoms with van der Waals surface area (Å²) in [5, 5.41) is 2.41. The lowest BCUT2D eigenvalue weighted by atomic mass is 9.72. The number of fused-ring (bicyclic) bond motifs is 2. The van der Waals surface area contributed by atoms with Crippen LogP contribution < -0.4 is 0 Å². The zero-order valence-electron chi connectivity index (χ0n) is 19.1. The van der Waals surface area contributed by atoms with Crippen LogP contribution in [0.25, 0.3) is 21.8 Å². The molecule has 0 aliphatic rings. The first kappa shape index (κ1) is 21.4. The molecule has 0 bridgehead atoms. The molecule has 4 aromatic rings. The van der Waals surface area contributed by atoms with Crippen molar-refractivity contribution in [3.8, 4) is 0 Å². The quantitative estimate of drug-likeness (QED) is 0.258. The highest BCUT2D eigenvalue weighted by Gasteiger charge is 2.35. The third-order valence-corrected chi connectivity index (χ3v) is 6.73. The maximum Gasteiger partial charge on any atom is 0.134 e. The van der Waals surface area contributed by atoms with Crippen molar-refractivity contribution in [1.82, 2.24) is 9.97 Å². The summed E-state index contributed by atoms with van der Waals surface area (Å²) in [5.74, 6) is 0.353. The van der Waals surface area contributed by atoms with E-state index in [1.165, 1.54) is 46.7 Å². The maximum atomic E-state index is 13.2. The van der Waals surface area contributed by atoms with E-state index >= 15 is 0 Å². The second kappa shape index (κ2) is 9.13. The Hall–Kier alpha value is -2.81. The van der Waals surface area contributed by atoms with E-state index in [4.69, 9.17) is 0 Å². The summed E-state index contributed by atoms with van der Waals surface area (Å²) in [5.41, 5.74) is 5.48. The van der Waals surface area contributed by atoms with E-state index in [9.17, 15) is 4.79 Å². The summed E-state index contributed by atoms with van der Waals surface area (Å²) in [6.45, 7) is 6.59. The van der Waals surface area contributed by atoms with Gasteiger partial charge in [0.2, 0.25) is 0 Å². The molecule has 0 radical (unpaired) electrons. The van der Waals surface area contributed by atoms with Gasteiger partial charge in [0.1, 0.15) is 5.78 Å². The lowest BCUT2D eigenvalue weighted by Gasteiger charge is -2.29. The van der Waals surface area contributed by atoms with Gasteiger partial charge in [-0.05, 0) is 42.7 Å². The van der Waals surface area contributed by atoms with Crippen LogP contribution in [0.1, 0.15) is 75.5 Å². The molecule has 162 valence electrons. The fourth-order valence-electron chi connectivity index (χ4n) is 4.96. The van der Waals surface area contributed by atoms with Crippen LogP contribution in [-0.4, -0.2) is 15.8 Å². The summed E-state index contributed by atoms with van der Waals surface area (Å²) in [6, 6.07) is 14.9. The molecule has 3 nitrogen and oxygen atoms in total. The number of carbonyl (C=O) groups is 1. The van der Waals surface area contributed by atoms with Gasteiger partial charge in [-0.15, -0.1) is 0 Å². The molecule has 2 heterocycles. The number of unbranched alkanes of at least 4 members (excludes halogenated alkanes) is 4. The molecule has 2 aromatic heterocycles. The predicted octanol–water partition coefficient (Wildman–Crippen LogP) is 7.58. The molecule has 31 heavy (non-hydrogen) atoms. The Morgan fingerprint density at radius 2 is 1.55 bits per heavy atom. The molecule has 0 saturated heterocycles. The molecule has 0 aliphatic carbocycles. The highest BCUT2D eigenvalue weighted by molar-refractivity contribution is 5.92. The van der Waals surface area contributed by atoms with Crippen LogP contribution in [-0.2, 0) is 10.2 Å². The number of aromatic amines is 2. The molecule has 2 N–H and O–H groups in total. The number of rotatable bonds is 10. The number of H-pyrrole nitrogens is 2. The minimum atomic E-state index is -0.397. The first-order chi connectivity index (χ1) is 15.0. The van der Waals surface area contributed by atoms with Crippen LogP contribution in [0.15, 0.2) is 54.9 Å². The Bertz CT molecular complexity index is 1180. The van der Waals surface area contributed by atoms with Crippen molar-refractivity contribution in [3.05, 3.63) is 71.5 Å². The third-order valence-electron chi connectivity index (χ3n) is 6.73. The standard InChI is InChI=1S/C28H34N2O/c1-4-5-6-7-8-11-21(31)17-28(3,24-18-29-26-13-10-9-12-22(24)26)25-19-30-27-15-14-20(2)16-23(25)27/h9-10,12-16,18-19,29-30H,4-8,11,17H2,1-3H3. The first-order valence-corrected chi connectivity index (χ1v) is 11.7. The van der Waals surface area contributed by atoms with E-state index < -0.39 is 5.41 Å². The van der Waals surface area contributed by atoms with Crippen molar-refractivity contribution >= 4 is 27.6 Å². The minimum absolute atomic E-state index is 0.353. The summed E-state index contributed by atoms with van der Waals surface area (Å²) in [6.07, 6.45) is 11.3. The topological polar surface area (TPSA) is 48.6 Å². The number of aryl methyl sites for hydroxylation is 1. The Labute approximate surface area is 185 Å². The van der Waals surface area contributed by atoms with Crippen molar-refractivity contribution in [1.29, 1.82) is 0 Å². The second-order valence-electron chi connectivity index (χ2n) is 9.21. The van der Waals surface area contributed by atoms with Crippen molar-refractivity contribution in [2.45, 2.75) is 71.1 Å². The smallest absolute Gasteiger partial charge is 0.134 e. The fourth-order valence-corrected chi connectivity index (χ4v) is 4.96. The van der Waals surface area contributed by atoms with Crippen molar-refractivity contribution in [2.24, 2.45) is 0 Å². The van der Waals surface area contributed by atoms with Gasteiger partial charge in [0, 0.05) is 52.5 Å². The lowest BCUT2D eigenvalue weighted by molar-refractivity contribution is -0.120. The van der Waals surface area contributed by atoms with Gasteiger partial charge < -0.3 is 9.97 Å². The van der Waals surface area contributed by atoms with E-state index in [1.807, 2.05) is 0 Å². The van der Waals surface area contributed by atoms with E-state index in [-0.39, 0.29) is 0 Å². The van der Waals surface area contributed by atoms with Crippen LogP contribution in [0.4, 0.5) is 0 Å². The van der Waals surface area contributed by atoms with Gasteiger partial charge >= 0.3 is 0 Å². The van der Waals surface area contributed by atoms with Gasteiger partial charge in [-0.2, -0.15) is 0 Å². The van der Waals surface area contributed by atoms with E-state index in [0.29, 0.717) is 18.6 Å². The van der Waals surface area contributed by atoms with E-state index in [0.717, 1.165) is 23.9 Å². The van der Waals surface area contributed by atoms with Gasteiger partial charge in [0.25, 0.3) is 0 Å². The molecular weight excluding hydrogens is 380 g/mol. The van der Waals surface area contributed by atoms with Gasteiger partial charge in [0.05, 0.1) is 0 Å². The summed E-state index contributed by atoms with van der Waals surface area (Å²) in [7, 11) is 0. The van der Waals surface area contributed by atoms with Crippen LogP contribution >= 0.6 is 0 Å². The highest BCUT2D eigenvalue weighted by atomic mass is 16.1. The SMILES string of the molecule is CCCCCCCC(=O)CC(C)(c1c[nH]c2ccccc12)c1c[nH]c2ccc(C)cc12. The number of nitrogens with one attached hydrogen (secondary N) is 2. The summed E-state index contributed by atoms with van der Waals surface area (Å²) < 4.78 is 0. The van der Waals surface area contributed by atoms with Gasteiger partial charge in [-0.3, -0.25) is 4.79 Å². The van der Waals surface area contributed by atoms with Crippen molar-refractivity contribution < 1.29 is 4.79 Å². The number of aromatic nitrogens is 2. The van der Waals surface area contributed by atoms with E-state index in [1.54, 1.807) is 0 Å². The molecule has 0 aliphatic heterocycles.